The molecule has 1 saturated heterocycles. The van der Waals surface area contributed by atoms with E-state index in [1.807, 2.05) is 6.07 Å². The predicted molar refractivity (Wildman–Crippen MR) is 127 cm³/mol. The van der Waals surface area contributed by atoms with Gasteiger partial charge in [0.2, 0.25) is 10.0 Å². The fourth-order valence-electron chi connectivity index (χ4n) is 3.14. The van der Waals surface area contributed by atoms with Crippen LogP contribution in [0.25, 0.3) is 6.08 Å². The third-order valence-electron chi connectivity index (χ3n) is 4.97. The molecular formula is C24H25N3O7S. The highest BCUT2D eigenvalue weighted by atomic mass is 32.2. The van der Waals surface area contributed by atoms with Crippen LogP contribution < -0.4 is 10.1 Å². The van der Waals surface area contributed by atoms with Crippen LogP contribution in [0.15, 0.2) is 59.5 Å². The molecule has 0 saturated carbocycles. The average Bonchev–Trinajstić information content (AvgIpc) is 2.87. The van der Waals surface area contributed by atoms with Crippen molar-refractivity contribution >= 4 is 33.7 Å². The van der Waals surface area contributed by atoms with Gasteiger partial charge in [-0.3, -0.25) is 4.79 Å². The topological polar surface area (TPSA) is 135 Å². The van der Waals surface area contributed by atoms with Crippen LogP contribution in [0.1, 0.15) is 12.5 Å². The summed E-state index contributed by atoms with van der Waals surface area (Å²) < 4.78 is 42.5. The molecule has 0 spiro atoms. The number of carbonyl (C=O) groups is 2. The summed E-state index contributed by atoms with van der Waals surface area (Å²) in [4.78, 5) is 24.6. The molecule has 35 heavy (non-hydrogen) atoms. The maximum absolute atomic E-state index is 12.8. The predicted octanol–water partition coefficient (Wildman–Crippen LogP) is 2.19. The quantitative estimate of drug-likeness (QED) is 0.410. The summed E-state index contributed by atoms with van der Waals surface area (Å²) in [6, 6.07) is 14.5. The zero-order valence-corrected chi connectivity index (χ0v) is 19.9. The van der Waals surface area contributed by atoms with Crippen LogP contribution in [-0.2, 0) is 29.1 Å². The van der Waals surface area contributed by atoms with Gasteiger partial charge in [-0.2, -0.15) is 9.57 Å². The summed E-state index contributed by atoms with van der Waals surface area (Å²) >= 11 is 0. The van der Waals surface area contributed by atoms with Gasteiger partial charge in [0.25, 0.3) is 5.91 Å². The van der Waals surface area contributed by atoms with Crippen molar-refractivity contribution < 1.29 is 32.2 Å². The fraction of sp³-hybridized carbons (Fsp3) is 0.292. The Labute approximate surface area is 203 Å². The Morgan fingerprint density at radius 3 is 2.60 bits per heavy atom. The number of nitrogens with zero attached hydrogens (tertiary/aromatic N) is 2. The second-order valence-corrected chi connectivity index (χ2v) is 9.40. The summed E-state index contributed by atoms with van der Waals surface area (Å²) in [6.45, 7) is 2.54. The number of benzene rings is 2. The van der Waals surface area contributed by atoms with Gasteiger partial charge in [-0.1, -0.05) is 18.2 Å². The maximum atomic E-state index is 12.8. The van der Waals surface area contributed by atoms with Gasteiger partial charge in [-0.05, 0) is 48.9 Å². The van der Waals surface area contributed by atoms with Gasteiger partial charge in [0.05, 0.1) is 18.1 Å². The molecule has 11 heteroatoms. The lowest BCUT2D eigenvalue weighted by atomic mass is 10.2. The molecule has 0 aromatic heterocycles. The van der Waals surface area contributed by atoms with E-state index < -0.39 is 28.0 Å². The number of anilines is 1. The molecule has 1 amide bonds. The standard InChI is InChI=1S/C24H25N3O7S/c1-18(34-23(28)10-7-19-5-8-21(9-6-19)33-14-11-25)24(29)26-20-3-2-4-22(17-20)35(30,31)27-12-15-32-16-13-27/h2-10,17-18H,12-16H2,1H3,(H,26,29)/b10-7+. The lowest BCUT2D eigenvalue weighted by Crippen LogP contribution is -2.40. The molecule has 1 fully saturated rings. The molecule has 0 bridgehead atoms. The van der Waals surface area contributed by atoms with E-state index in [2.05, 4.69) is 5.32 Å². The number of nitriles is 1. The van der Waals surface area contributed by atoms with Gasteiger partial charge in [0.1, 0.15) is 11.8 Å². The summed E-state index contributed by atoms with van der Waals surface area (Å²) in [5.41, 5.74) is 0.961. The first-order valence-corrected chi connectivity index (χ1v) is 12.2. The molecule has 0 radical (unpaired) electrons. The molecule has 3 rings (SSSR count). The number of morpholine rings is 1. The first-order valence-electron chi connectivity index (χ1n) is 10.8. The fourth-order valence-corrected chi connectivity index (χ4v) is 4.59. The van der Waals surface area contributed by atoms with E-state index in [1.165, 1.54) is 41.6 Å². The molecular weight excluding hydrogens is 474 g/mol. The number of esters is 1. The number of rotatable bonds is 9. The van der Waals surface area contributed by atoms with Gasteiger partial charge >= 0.3 is 5.97 Å². The van der Waals surface area contributed by atoms with E-state index >= 15 is 0 Å². The highest BCUT2D eigenvalue weighted by molar-refractivity contribution is 7.89. The zero-order valence-electron chi connectivity index (χ0n) is 19.0. The molecule has 1 heterocycles. The van der Waals surface area contributed by atoms with Crippen molar-refractivity contribution in [1.29, 1.82) is 5.26 Å². The van der Waals surface area contributed by atoms with Gasteiger partial charge in [0, 0.05) is 24.9 Å². The van der Waals surface area contributed by atoms with Crippen molar-refractivity contribution in [3.63, 3.8) is 0 Å². The highest BCUT2D eigenvalue weighted by Gasteiger charge is 2.26. The molecule has 10 nitrogen and oxygen atoms in total. The minimum absolute atomic E-state index is 0.0498. The first kappa shape index (κ1) is 25.9. The summed E-state index contributed by atoms with van der Waals surface area (Å²) in [5, 5.41) is 11.1. The molecule has 184 valence electrons. The highest BCUT2D eigenvalue weighted by Crippen LogP contribution is 2.21. The van der Waals surface area contributed by atoms with E-state index in [4.69, 9.17) is 19.5 Å². The van der Waals surface area contributed by atoms with Crippen LogP contribution in [0.4, 0.5) is 5.69 Å². The first-order chi connectivity index (χ1) is 16.8. The number of sulfonamides is 1. The number of amides is 1. The number of carbonyl (C=O) groups excluding carboxylic acids is 2. The van der Waals surface area contributed by atoms with Crippen molar-refractivity contribution in [3.8, 4) is 11.8 Å². The van der Waals surface area contributed by atoms with Crippen molar-refractivity contribution in [2.24, 2.45) is 0 Å². The molecule has 1 N–H and O–H groups in total. The third-order valence-corrected chi connectivity index (χ3v) is 6.86. The zero-order chi connectivity index (χ0) is 25.3. The second-order valence-electron chi connectivity index (χ2n) is 7.46. The van der Waals surface area contributed by atoms with Gasteiger partial charge < -0.3 is 19.5 Å². The van der Waals surface area contributed by atoms with E-state index in [-0.39, 0.29) is 30.3 Å². The van der Waals surface area contributed by atoms with Crippen LogP contribution in [0.2, 0.25) is 0 Å². The van der Waals surface area contributed by atoms with E-state index in [9.17, 15) is 18.0 Å². The Morgan fingerprint density at radius 2 is 1.91 bits per heavy atom. The Balaban J connectivity index is 1.55. The van der Waals surface area contributed by atoms with Crippen molar-refractivity contribution in [1.82, 2.24) is 4.31 Å². The minimum Gasteiger partial charge on any atom is -0.479 e. The van der Waals surface area contributed by atoms with Gasteiger partial charge in [0.15, 0.2) is 12.7 Å². The van der Waals surface area contributed by atoms with Crippen molar-refractivity contribution in [3.05, 3.63) is 60.2 Å². The largest absolute Gasteiger partial charge is 0.479 e. The average molecular weight is 500 g/mol. The third kappa shape index (κ3) is 7.38. The van der Waals surface area contributed by atoms with Crippen LogP contribution in [0, 0.1) is 11.3 Å². The molecule has 1 unspecified atom stereocenters. The number of hydrogen-bond acceptors (Lipinski definition) is 8. The van der Waals surface area contributed by atoms with Crippen LogP contribution >= 0.6 is 0 Å². The molecule has 1 atom stereocenters. The lowest BCUT2D eigenvalue weighted by Gasteiger charge is -2.26. The Hall–Kier alpha value is -3.72. The Kier molecular flexibility index (Phi) is 8.97. The number of hydrogen-bond donors (Lipinski definition) is 1. The van der Waals surface area contributed by atoms with Crippen LogP contribution in [0.3, 0.4) is 0 Å². The molecule has 1 aliphatic rings. The van der Waals surface area contributed by atoms with Gasteiger partial charge in [-0.25, -0.2) is 13.2 Å². The molecule has 1 aliphatic heterocycles. The van der Waals surface area contributed by atoms with Gasteiger partial charge in [-0.15, -0.1) is 0 Å². The SMILES string of the molecule is CC(OC(=O)/C=C/c1ccc(OCC#N)cc1)C(=O)Nc1cccc(S(=O)(=O)N2CCOCC2)c1. The van der Waals surface area contributed by atoms with E-state index in [0.717, 1.165) is 0 Å². The lowest BCUT2D eigenvalue weighted by molar-refractivity contribution is -0.148. The normalized spacial score (nSPS) is 15.2. The van der Waals surface area contributed by atoms with Crippen molar-refractivity contribution in [2.45, 2.75) is 17.9 Å². The molecule has 2 aromatic carbocycles. The monoisotopic (exact) mass is 499 g/mol. The van der Waals surface area contributed by atoms with E-state index in [1.54, 1.807) is 30.3 Å². The van der Waals surface area contributed by atoms with Crippen molar-refractivity contribution in [2.75, 3.05) is 38.2 Å². The Bertz CT molecular complexity index is 1210. The molecule has 2 aromatic rings. The smallest absolute Gasteiger partial charge is 0.331 e. The second kappa shape index (κ2) is 12.1. The summed E-state index contributed by atoms with van der Waals surface area (Å²) in [5.74, 6) is -0.800. The number of nitrogens with one attached hydrogen (secondary N) is 1. The summed E-state index contributed by atoms with van der Waals surface area (Å²) in [7, 11) is -3.72. The molecule has 0 aliphatic carbocycles. The van der Waals surface area contributed by atoms with Crippen LogP contribution in [-0.4, -0.2) is 63.6 Å². The van der Waals surface area contributed by atoms with Crippen LogP contribution in [0.5, 0.6) is 5.75 Å². The Morgan fingerprint density at radius 1 is 1.20 bits per heavy atom. The minimum atomic E-state index is -3.72. The maximum Gasteiger partial charge on any atom is 0.331 e. The number of ether oxygens (including phenoxy) is 3. The summed E-state index contributed by atoms with van der Waals surface area (Å²) in [6.07, 6.45) is 1.58. The van der Waals surface area contributed by atoms with E-state index in [0.29, 0.717) is 24.5 Å².